The smallest absolute Gasteiger partial charge is 0.407 e. The number of para-hydroxylation sites is 6. The number of nitrogens with two attached hydrogens (primary N) is 2. The van der Waals surface area contributed by atoms with Gasteiger partial charge < -0.3 is 50.3 Å². The van der Waals surface area contributed by atoms with Gasteiger partial charge in [0.1, 0.15) is 5.60 Å². The van der Waals surface area contributed by atoms with E-state index in [1.165, 1.54) is 180 Å². The van der Waals surface area contributed by atoms with Crippen LogP contribution in [0.2, 0.25) is 12.0 Å². The molecular formula is C87H133BCl3N15O6. The Morgan fingerprint density at radius 2 is 0.777 bits per heavy atom. The fraction of sp³-hybridized carbons (Fsp3) is 0.713. The first-order valence-electron chi connectivity index (χ1n) is 43.6. The fourth-order valence-corrected chi connectivity index (χ4v) is 22.5. The number of anilines is 2. The van der Waals surface area contributed by atoms with Gasteiger partial charge in [0.15, 0.2) is 16.8 Å². The van der Waals surface area contributed by atoms with Crippen molar-refractivity contribution in [3.05, 3.63) is 109 Å². The molecule has 3 aliphatic carbocycles. The summed E-state index contributed by atoms with van der Waals surface area (Å²) in [5, 5.41) is 6.09. The van der Waals surface area contributed by atoms with Crippen molar-refractivity contribution >= 4 is 94.4 Å². The molecular weight excluding hydrogens is 1470 g/mol. The van der Waals surface area contributed by atoms with Gasteiger partial charge in [0, 0.05) is 125 Å². The van der Waals surface area contributed by atoms with Gasteiger partial charge in [0.05, 0.1) is 33.1 Å². The molecule has 3 aromatic carbocycles. The number of piperidine rings is 3. The number of nitrogens with zero attached hydrogens (tertiary/aromatic N) is 11. The van der Waals surface area contributed by atoms with E-state index in [1.807, 2.05) is 73.9 Å². The van der Waals surface area contributed by atoms with E-state index in [1.54, 1.807) is 0 Å². The van der Waals surface area contributed by atoms with Crippen LogP contribution in [0, 0.1) is 0 Å². The number of amides is 1. The minimum absolute atomic E-state index is 0. The maximum atomic E-state index is 13.9. The molecule has 6 bridgehead atoms. The summed E-state index contributed by atoms with van der Waals surface area (Å²) in [6.07, 6.45) is 46.0. The monoisotopic (exact) mass is 1600 g/mol. The number of fused-ring (bicyclic) bond motifs is 9. The van der Waals surface area contributed by atoms with Crippen molar-refractivity contribution < 1.29 is 15.7 Å². The van der Waals surface area contributed by atoms with Gasteiger partial charge in [0.25, 0.3) is 16.7 Å². The summed E-state index contributed by atoms with van der Waals surface area (Å²) in [6, 6.07) is 31.7. The number of hydrogen-bond acceptors (Lipinski definition) is 17. The average molecular weight is 1600 g/mol. The van der Waals surface area contributed by atoms with E-state index in [9.17, 15) is 19.2 Å². The molecule has 9 aliphatic heterocycles. The first-order chi connectivity index (χ1) is 53.5. The third-order valence-electron chi connectivity index (χ3n) is 27.0. The molecule has 616 valence electrons. The predicted octanol–water partition coefficient (Wildman–Crippen LogP) is 15.8. The number of nitrogens with one attached hydrogen (secondary N) is 2. The van der Waals surface area contributed by atoms with Gasteiger partial charge in [0.2, 0.25) is 0 Å². The van der Waals surface area contributed by atoms with Gasteiger partial charge >= 0.3 is 24.8 Å². The van der Waals surface area contributed by atoms with E-state index in [-0.39, 0.29) is 90.4 Å². The maximum Gasteiger partial charge on any atom is 0.407 e. The maximum absolute atomic E-state index is 13.9. The molecule has 25 heteroatoms. The van der Waals surface area contributed by atoms with Crippen LogP contribution in [-0.2, 0) is 9.44 Å². The van der Waals surface area contributed by atoms with E-state index in [4.69, 9.17) is 42.5 Å². The van der Waals surface area contributed by atoms with Gasteiger partial charge in [-0.1, -0.05) is 144 Å². The largest absolute Gasteiger partial charge is 0.444 e. The van der Waals surface area contributed by atoms with E-state index in [0.717, 1.165) is 155 Å². The van der Waals surface area contributed by atoms with Crippen molar-refractivity contribution in [1.29, 1.82) is 0 Å². The van der Waals surface area contributed by atoms with Crippen LogP contribution in [0.5, 0.6) is 0 Å². The number of carbonyl (C=O) groups excluding carboxylic acids is 1. The standard InChI is InChI=1S/2C27H39N5O.C23H30ClN3O.C9H18N2O2.CH3BO.2ClH.H2/c2*28-19-14-15-30(18-19)26-27(33)32(25-11-7-6-10-24(25)29-26)23-16-21-12-13-22(17-23)31(21)20-8-4-2-1-3-5-9-20;24-22-23(28)27(21-11-7-6-10-20(21)25-22)19-14-17-12-13-18(15-19)26(17)16-8-4-2-1-3-5-9-16;1-9(2,3)13-8(12)11-7-4-5-10-6-7;1-2-3;;;/h2*6-7,10-11,19-23H,1-5,8-9,12-18,28H2;6-7,10-11,16-19H,1-5,8-9,12-15H2;7,10H,4-6H2,1-3H3,(H,11,12);1H3;3*1H/t2*19-,21-,22+,23?;17-,18+,19?;7-;;;;/m11.1..../s1. The molecule has 6 aromatic rings. The van der Waals surface area contributed by atoms with Crippen LogP contribution in [-0.4, -0.2) is 174 Å². The minimum Gasteiger partial charge on any atom is -0.444 e. The molecule has 6 N–H and O–H groups in total. The zero-order valence-corrected chi connectivity index (χ0v) is 70.0. The van der Waals surface area contributed by atoms with Crippen molar-refractivity contribution in [3.8, 4) is 0 Å². The molecule has 12 aliphatic rings. The summed E-state index contributed by atoms with van der Waals surface area (Å²) in [5.74, 6) is 1.22. The Balaban J connectivity index is 0.000000151. The van der Waals surface area contributed by atoms with E-state index >= 15 is 0 Å². The van der Waals surface area contributed by atoms with E-state index < -0.39 is 5.60 Å². The fourth-order valence-electron chi connectivity index (χ4n) is 22.3. The summed E-state index contributed by atoms with van der Waals surface area (Å²) < 4.78 is 20.1. The van der Waals surface area contributed by atoms with Crippen molar-refractivity contribution in [1.82, 2.24) is 54.0 Å². The molecule has 112 heavy (non-hydrogen) atoms. The SMILES string of the molecule is CB=O.CC(C)(C)OC(=O)N[C@@H]1CCNC1.Cl.Cl.N[C@@H]1CCN(c2nc3ccccc3n(C3C[C@H]4CC[C@@H](C3)N4C3CCCCCCC3)c2=O)C1.N[C@@H]1CCN(c2nc3ccccc3n(C3C[C@H]4CC[C@@H](C3)N4C3CCCCCCC3)c2=O)C1.O=c1c(Cl)nc2ccccc2n1C1C[C@H]2CC[C@@H](C1)N2C1CCCCCCC1.[HH]. The second-order valence-corrected chi connectivity index (χ2v) is 36.1. The van der Waals surface area contributed by atoms with Crippen molar-refractivity contribution in [2.45, 2.75) is 355 Å². The van der Waals surface area contributed by atoms with Crippen LogP contribution in [0.3, 0.4) is 0 Å². The Kier molecular flexibility index (Phi) is 30.7. The zero-order chi connectivity index (χ0) is 76.4. The molecule has 3 unspecified atom stereocenters. The Morgan fingerprint density at radius 3 is 1.08 bits per heavy atom. The summed E-state index contributed by atoms with van der Waals surface area (Å²) >= 11 is 6.23. The van der Waals surface area contributed by atoms with Gasteiger partial charge in [-0.25, -0.2) is 19.7 Å². The molecule has 9 saturated heterocycles. The molecule has 12 heterocycles. The van der Waals surface area contributed by atoms with Gasteiger partial charge in [-0.15, -0.1) is 24.8 Å². The van der Waals surface area contributed by atoms with Crippen LogP contribution in [0.1, 0.15) is 271 Å². The first kappa shape index (κ1) is 85.8. The first-order valence-corrected chi connectivity index (χ1v) is 44.0. The topological polar surface area (TPSA) is 240 Å². The molecule has 21 nitrogen and oxygen atoms in total. The van der Waals surface area contributed by atoms with Gasteiger partial charge in [-0.2, -0.15) is 0 Å². The summed E-state index contributed by atoms with van der Waals surface area (Å²) in [6.45, 7) is 12.0. The number of carbonyl (C=O) groups is 1. The second kappa shape index (κ2) is 40.1. The average Bonchev–Trinajstić information content (AvgIpc) is 1.76. The number of hydrogen-bond donors (Lipinski definition) is 4. The molecule has 18 rings (SSSR count). The molecule has 0 radical (unpaired) electrons. The summed E-state index contributed by atoms with van der Waals surface area (Å²) in [7, 11) is 0.750. The second-order valence-electron chi connectivity index (χ2n) is 35.7. The third kappa shape index (κ3) is 20.3. The Morgan fingerprint density at radius 1 is 0.464 bits per heavy atom. The van der Waals surface area contributed by atoms with Crippen molar-refractivity contribution in [2.75, 3.05) is 49.1 Å². The number of rotatable bonds is 9. The molecule has 3 saturated carbocycles. The Labute approximate surface area is 684 Å². The molecule has 12 fully saturated rings. The Hall–Kier alpha value is -5.56. The quantitative estimate of drug-likeness (QED) is 0.0984. The summed E-state index contributed by atoms with van der Waals surface area (Å²) in [4.78, 5) is 78.9. The molecule has 12 atom stereocenters. The van der Waals surface area contributed by atoms with Crippen molar-refractivity contribution in [3.63, 3.8) is 0 Å². The number of benzene rings is 3. The number of alkyl carbamates (subject to hydrolysis) is 1. The van der Waals surface area contributed by atoms with Gasteiger partial charge in [-0.05, 0) is 199 Å². The van der Waals surface area contributed by atoms with Gasteiger partial charge in [-0.3, -0.25) is 29.1 Å². The zero-order valence-electron chi connectivity index (χ0n) is 67.6. The van der Waals surface area contributed by atoms with Crippen molar-refractivity contribution in [2.24, 2.45) is 11.5 Å². The van der Waals surface area contributed by atoms with Crippen LogP contribution in [0.25, 0.3) is 33.1 Å². The number of halogens is 3. The normalized spacial score (nSPS) is 28.8. The van der Waals surface area contributed by atoms with E-state index in [0.29, 0.717) is 47.9 Å². The van der Waals surface area contributed by atoms with Crippen LogP contribution >= 0.6 is 36.4 Å². The minimum atomic E-state index is -0.407. The number of ether oxygens (including phenoxy) is 1. The number of aromatic nitrogens is 6. The molecule has 0 spiro atoms. The van der Waals surface area contributed by atoms with E-state index in [2.05, 4.69) is 73.5 Å². The van der Waals surface area contributed by atoms with Crippen LogP contribution < -0.4 is 48.6 Å². The third-order valence-corrected chi connectivity index (χ3v) is 27.3. The molecule has 3 aromatic heterocycles. The predicted molar refractivity (Wildman–Crippen MR) is 461 cm³/mol. The molecule has 1 amide bonds. The summed E-state index contributed by atoms with van der Waals surface area (Å²) in [5.41, 5.74) is 17.6. The van der Waals surface area contributed by atoms with Crippen LogP contribution in [0.4, 0.5) is 16.4 Å². The van der Waals surface area contributed by atoms with Crippen LogP contribution in [0.15, 0.2) is 87.2 Å². The Bertz CT molecular complexity index is 4030.